The number of hydrogen-bond donors (Lipinski definition) is 1. The molecule has 0 atom stereocenters. The number of carbonyl (C=O) groups is 1. The summed E-state index contributed by atoms with van der Waals surface area (Å²) >= 11 is 0. The van der Waals surface area contributed by atoms with Gasteiger partial charge in [0.05, 0.1) is 5.92 Å². The summed E-state index contributed by atoms with van der Waals surface area (Å²) in [6, 6.07) is 16.5. The molecule has 1 fully saturated rings. The fourth-order valence-electron chi connectivity index (χ4n) is 3.54. The lowest BCUT2D eigenvalue weighted by Crippen LogP contribution is -2.51. The smallest absolute Gasteiger partial charge is 0.309 e. The van der Waals surface area contributed by atoms with Crippen molar-refractivity contribution in [3.8, 4) is 17.6 Å². The normalized spacial score (nSPS) is 16.1. The van der Waals surface area contributed by atoms with Crippen molar-refractivity contribution in [2.45, 2.75) is 12.8 Å². The topological polar surface area (TPSA) is 49.8 Å². The maximum absolute atomic E-state index is 10.9. The van der Waals surface area contributed by atoms with Crippen LogP contribution >= 0.6 is 0 Å². The molecular weight excluding hydrogens is 350 g/mol. The summed E-state index contributed by atoms with van der Waals surface area (Å²) in [5.41, 5.74) is 4.51. The molecule has 0 aromatic heterocycles. The van der Waals surface area contributed by atoms with Gasteiger partial charge in [0.2, 0.25) is 0 Å². The van der Waals surface area contributed by atoms with Gasteiger partial charge in [0.1, 0.15) is 12.4 Å². The van der Waals surface area contributed by atoms with E-state index in [0.717, 1.165) is 36.3 Å². The number of fused-ring (bicyclic) bond motifs is 1. The van der Waals surface area contributed by atoms with Crippen LogP contribution in [0.3, 0.4) is 0 Å². The van der Waals surface area contributed by atoms with Crippen molar-refractivity contribution in [2.75, 3.05) is 26.2 Å². The Morgan fingerprint density at radius 3 is 2.79 bits per heavy atom. The lowest BCUT2D eigenvalue weighted by Gasteiger charge is -2.37. The zero-order valence-electron chi connectivity index (χ0n) is 15.7. The van der Waals surface area contributed by atoms with Crippen molar-refractivity contribution in [2.24, 2.45) is 5.92 Å². The molecule has 4 rings (SSSR count). The Labute approximate surface area is 165 Å². The van der Waals surface area contributed by atoms with Crippen molar-refractivity contribution >= 4 is 12.0 Å². The van der Waals surface area contributed by atoms with Gasteiger partial charge in [0, 0.05) is 37.2 Å². The fraction of sp³-hybridized carbons (Fsp3) is 0.292. The van der Waals surface area contributed by atoms with Crippen molar-refractivity contribution in [3.05, 3.63) is 70.8 Å². The van der Waals surface area contributed by atoms with Gasteiger partial charge in [0.25, 0.3) is 0 Å². The minimum Gasteiger partial charge on any atom is -0.489 e. The first kappa shape index (κ1) is 18.3. The molecule has 2 heterocycles. The predicted molar refractivity (Wildman–Crippen MR) is 109 cm³/mol. The molecule has 0 spiro atoms. The molecule has 2 aromatic carbocycles. The number of aliphatic carboxylic acids is 1. The van der Waals surface area contributed by atoms with E-state index in [-0.39, 0.29) is 5.92 Å². The molecule has 0 radical (unpaired) electrons. The number of carboxylic acid groups (broad SMARTS) is 1. The molecule has 142 valence electrons. The van der Waals surface area contributed by atoms with Crippen LogP contribution in [0.1, 0.15) is 23.1 Å². The van der Waals surface area contributed by atoms with E-state index in [1.807, 2.05) is 24.3 Å². The number of rotatable bonds is 5. The molecule has 4 heteroatoms. The molecule has 0 bridgehead atoms. The molecule has 28 heavy (non-hydrogen) atoms. The van der Waals surface area contributed by atoms with E-state index in [1.165, 1.54) is 11.1 Å². The fourth-order valence-corrected chi connectivity index (χ4v) is 3.54. The highest BCUT2D eigenvalue weighted by molar-refractivity contribution is 5.71. The van der Waals surface area contributed by atoms with Crippen LogP contribution in [0.2, 0.25) is 0 Å². The van der Waals surface area contributed by atoms with Crippen LogP contribution in [0.25, 0.3) is 6.08 Å². The summed E-state index contributed by atoms with van der Waals surface area (Å²) < 4.78 is 5.92. The maximum atomic E-state index is 10.9. The second kappa shape index (κ2) is 8.33. The molecule has 0 saturated carbocycles. The monoisotopic (exact) mass is 373 g/mol. The first-order valence-corrected chi connectivity index (χ1v) is 9.61. The van der Waals surface area contributed by atoms with Gasteiger partial charge in [0.15, 0.2) is 0 Å². The number of ether oxygens (including phenoxy) is 1. The molecule has 1 saturated heterocycles. The van der Waals surface area contributed by atoms with Gasteiger partial charge in [-0.25, -0.2) is 0 Å². The zero-order chi connectivity index (χ0) is 19.3. The van der Waals surface area contributed by atoms with E-state index < -0.39 is 5.97 Å². The van der Waals surface area contributed by atoms with Gasteiger partial charge in [-0.1, -0.05) is 48.2 Å². The van der Waals surface area contributed by atoms with E-state index >= 15 is 0 Å². The van der Waals surface area contributed by atoms with E-state index in [2.05, 4.69) is 47.1 Å². The SMILES string of the molecule is O=C(O)C1CN(CC2=Cc3ccc(C#CCCc4ccccc4)cc3OC2)C1. The van der Waals surface area contributed by atoms with Crippen molar-refractivity contribution in [3.63, 3.8) is 0 Å². The van der Waals surface area contributed by atoms with Gasteiger partial charge in [-0.2, -0.15) is 0 Å². The Morgan fingerprint density at radius 2 is 2.00 bits per heavy atom. The molecule has 4 nitrogen and oxygen atoms in total. The van der Waals surface area contributed by atoms with Crippen LogP contribution in [-0.4, -0.2) is 42.2 Å². The second-order valence-corrected chi connectivity index (χ2v) is 7.36. The first-order valence-electron chi connectivity index (χ1n) is 9.61. The first-order chi connectivity index (χ1) is 13.7. The maximum Gasteiger partial charge on any atom is 0.309 e. The third kappa shape index (κ3) is 4.44. The quantitative estimate of drug-likeness (QED) is 0.816. The Hall–Kier alpha value is -3.03. The molecule has 2 aliphatic rings. The number of hydrogen-bond acceptors (Lipinski definition) is 3. The molecule has 0 unspecified atom stereocenters. The Bertz CT molecular complexity index is 947. The standard InChI is InChI=1S/C24H23NO3/c26-24(27)22-15-25(16-22)14-20-12-21-11-10-19(13-23(21)28-17-20)9-5-4-8-18-6-2-1-3-7-18/h1-3,6-7,10-13,22H,4,8,14-17H2,(H,26,27). The summed E-state index contributed by atoms with van der Waals surface area (Å²) in [4.78, 5) is 13.0. The van der Waals surface area contributed by atoms with Crippen LogP contribution < -0.4 is 4.74 Å². The molecule has 0 amide bonds. The third-order valence-electron chi connectivity index (χ3n) is 5.13. The lowest BCUT2D eigenvalue weighted by atomic mass is 9.98. The second-order valence-electron chi connectivity index (χ2n) is 7.36. The number of carboxylic acids is 1. The molecule has 2 aliphatic heterocycles. The van der Waals surface area contributed by atoms with Gasteiger partial charge >= 0.3 is 5.97 Å². The van der Waals surface area contributed by atoms with Gasteiger partial charge in [-0.15, -0.1) is 0 Å². The number of nitrogens with zero attached hydrogens (tertiary/aromatic N) is 1. The van der Waals surface area contributed by atoms with Crippen molar-refractivity contribution < 1.29 is 14.6 Å². The minimum absolute atomic E-state index is 0.222. The Kier molecular flexibility index (Phi) is 5.45. The van der Waals surface area contributed by atoms with Crippen molar-refractivity contribution in [1.82, 2.24) is 4.90 Å². The minimum atomic E-state index is -0.701. The predicted octanol–water partition coefficient (Wildman–Crippen LogP) is 3.46. The molecular formula is C24H23NO3. The largest absolute Gasteiger partial charge is 0.489 e. The summed E-state index contributed by atoms with van der Waals surface area (Å²) in [5, 5.41) is 8.97. The lowest BCUT2D eigenvalue weighted by molar-refractivity contribution is -0.147. The van der Waals surface area contributed by atoms with E-state index in [9.17, 15) is 4.79 Å². The van der Waals surface area contributed by atoms with E-state index in [0.29, 0.717) is 19.7 Å². The Morgan fingerprint density at radius 1 is 1.18 bits per heavy atom. The highest BCUT2D eigenvalue weighted by Crippen LogP contribution is 2.28. The van der Waals surface area contributed by atoms with Crippen LogP contribution in [0.5, 0.6) is 5.75 Å². The van der Waals surface area contributed by atoms with Gasteiger partial charge in [-0.05, 0) is 35.8 Å². The number of aryl methyl sites for hydroxylation is 1. The summed E-state index contributed by atoms with van der Waals surface area (Å²) in [6.45, 7) is 2.56. The highest BCUT2D eigenvalue weighted by Gasteiger charge is 2.32. The van der Waals surface area contributed by atoms with Crippen LogP contribution in [0.4, 0.5) is 0 Å². The number of benzene rings is 2. The van der Waals surface area contributed by atoms with Crippen LogP contribution in [0, 0.1) is 17.8 Å². The number of likely N-dealkylation sites (tertiary alicyclic amines) is 1. The van der Waals surface area contributed by atoms with Crippen LogP contribution in [0.15, 0.2) is 54.1 Å². The summed E-state index contributed by atoms with van der Waals surface area (Å²) in [6.07, 6.45) is 3.94. The van der Waals surface area contributed by atoms with Gasteiger partial charge < -0.3 is 9.84 Å². The Balaban J connectivity index is 1.33. The van der Waals surface area contributed by atoms with E-state index in [1.54, 1.807) is 0 Å². The average Bonchev–Trinajstić information content (AvgIpc) is 2.68. The zero-order valence-corrected chi connectivity index (χ0v) is 15.7. The van der Waals surface area contributed by atoms with Gasteiger partial charge in [-0.3, -0.25) is 9.69 Å². The summed E-state index contributed by atoms with van der Waals surface area (Å²) in [5.74, 6) is 6.42. The van der Waals surface area contributed by atoms with Crippen LogP contribution in [-0.2, 0) is 11.2 Å². The molecule has 1 N–H and O–H groups in total. The molecule has 0 aliphatic carbocycles. The van der Waals surface area contributed by atoms with Crippen molar-refractivity contribution in [1.29, 1.82) is 0 Å². The highest BCUT2D eigenvalue weighted by atomic mass is 16.5. The van der Waals surface area contributed by atoms with E-state index in [4.69, 9.17) is 9.84 Å². The summed E-state index contributed by atoms with van der Waals surface area (Å²) in [7, 11) is 0. The average molecular weight is 373 g/mol. The third-order valence-corrected chi connectivity index (χ3v) is 5.13. The molecule has 2 aromatic rings.